The molecule has 2 N–H and O–H groups in total. The van der Waals surface area contributed by atoms with Crippen LogP contribution in [-0.2, 0) is 13.6 Å². The zero-order chi connectivity index (χ0) is 26.8. The number of benzene rings is 2. The van der Waals surface area contributed by atoms with Crippen LogP contribution in [0, 0.1) is 0 Å². The van der Waals surface area contributed by atoms with Crippen molar-refractivity contribution in [3.8, 4) is 11.3 Å². The van der Waals surface area contributed by atoms with Gasteiger partial charge in [0.05, 0.1) is 11.4 Å². The summed E-state index contributed by atoms with van der Waals surface area (Å²) in [6.07, 6.45) is 1.91. The first-order valence-electron chi connectivity index (χ1n) is 13.0. The van der Waals surface area contributed by atoms with E-state index in [1.165, 1.54) is 16.7 Å². The largest absolute Gasteiger partial charge is 0.341 e. The van der Waals surface area contributed by atoms with Crippen LogP contribution in [0.15, 0.2) is 72.0 Å². The Kier molecular flexibility index (Phi) is 7.15. The van der Waals surface area contributed by atoms with E-state index in [4.69, 9.17) is 10.1 Å². The summed E-state index contributed by atoms with van der Waals surface area (Å²) in [5.74, 6) is 0.105. The molecule has 1 aliphatic heterocycles. The Bertz CT molecular complexity index is 1490. The lowest BCUT2D eigenvalue weighted by Crippen LogP contribution is -2.24. The summed E-state index contributed by atoms with van der Waals surface area (Å²) < 4.78 is 2.19. The monoisotopic (exact) mass is 509 g/mol. The van der Waals surface area contributed by atoms with Crippen LogP contribution in [0.4, 0.5) is 10.5 Å². The Morgan fingerprint density at radius 3 is 2.58 bits per heavy atom. The van der Waals surface area contributed by atoms with Gasteiger partial charge in [0.25, 0.3) is 0 Å². The summed E-state index contributed by atoms with van der Waals surface area (Å²) in [4.78, 5) is 18.7. The number of hydrazone groups is 1. The molecule has 0 saturated heterocycles. The van der Waals surface area contributed by atoms with Crippen LogP contribution >= 0.6 is 0 Å². The number of pyridine rings is 1. The number of urea groups is 1. The molecule has 8 heteroatoms. The topological polar surface area (TPSA) is 77.8 Å². The first kappa shape index (κ1) is 25.5. The minimum Gasteiger partial charge on any atom is -0.341 e. The molecule has 38 heavy (non-hydrogen) atoms. The summed E-state index contributed by atoms with van der Waals surface area (Å²) in [5, 5.41) is 13.7. The third kappa shape index (κ3) is 4.99. The van der Waals surface area contributed by atoms with E-state index in [1.807, 2.05) is 30.5 Å². The van der Waals surface area contributed by atoms with Crippen molar-refractivity contribution in [2.45, 2.75) is 19.4 Å². The number of likely N-dealkylation sites (N-methyl/N-ethyl adjacent to an activating group) is 1. The van der Waals surface area contributed by atoms with E-state index in [9.17, 15) is 4.79 Å². The fourth-order valence-corrected chi connectivity index (χ4v) is 5.20. The van der Waals surface area contributed by atoms with Crippen LogP contribution in [-0.4, -0.2) is 65.4 Å². The molecule has 1 atom stereocenters. The highest BCUT2D eigenvalue weighted by atomic mass is 16.2. The number of aryl methyl sites for hydroxylation is 1. The predicted molar refractivity (Wildman–Crippen MR) is 155 cm³/mol. The normalized spacial score (nSPS) is 15.3. The second-order valence-electron chi connectivity index (χ2n) is 9.99. The number of rotatable bonds is 7. The first-order chi connectivity index (χ1) is 18.4. The quantitative estimate of drug-likeness (QED) is 0.372. The van der Waals surface area contributed by atoms with Crippen molar-refractivity contribution in [2.24, 2.45) is 12.1 Å². The molecule has 0 bridgehead atoms. The van der Waals surface area contributed by atoms with Crippen molar-refractivity contribution in [1.29, 1.82) is 0 Å². The van der Waals surface area contributed by atoms with Crippen molar-refractivity contribution in [2.75, 3.05) is 39.5 Å². The number of nitrogens with zero attached hydrogens (tertiary/aromatic N) is 5. The van der Waals surface area contributed by atoms with E-state index < -0.39 is 0 Å². The van der Waals surface area contributed by atoms with Gasteiger partial charge in [-0.15, -0.1) is 0 Å². The molecule has 5 rings (SSSR count). The SMILES string of the molecule is CCN1CC(c2ccnc3c2cc(-c2cccc(CN(C)C)c2)n3C)C(c2ccc(NC(=O)NC)cc2)=N1. The number of nitrogens with one attached hydrogen (secondary N) is 2. The summed E-state index contributed by atoms with van der Waals surface area (Å²) in [5.41, 5.74) is 8.63. The maximum atomic E-state index is 11.7. The van der Waals surface area contributed by atoms with Crippen molar-refractivity contribution in [1.82, 2.24) is 24.8 Å². The molecule has 0 fully saturated rings. The summed E-state index contributed by atoms with van der Waals surface area (Å²) >= 11 is 0. The van der Waals surface area contributed by atoms with Crippen LogP contribution in [0.5, 0.6) is 0 Å². The number of amides is 2. The van der Waals surface area contributed by atoms with Gasteiger partial charge in [0, 0.05) is 56.9 Å². The van der Waals surface area contributed by atoms with Gasteiger partial charge in [-0.25, -0.2) is 9.78 Å². The molecule has 3 heterocycles. The van der Waals surface area contributed by atoms with Gasteiger partial charge in [0.1, 0.15) is 5.65 Å². The molecule has 0 saturated carbocycles. The lowest BCUT2D eigenvalue weighted by Gasteiger charge is -2.16. The van der Waals surface area contributed by atoms with E-state index in [2.05, 4.69) is 89.6 Å². The van der Waals surface area contributed by atoms with E-state index in [1.54, 1.807) is 7.05 Å². The van der Waals surface area contributed by atoms with E-state index in [0.29, 0.717) is 0 Å². The standard InChI is InChI=1S/C30H35N7O/c1-6-37-19-26(28(34-37)21-10-12-23(13-11-21)33-30(38)31-2)24-14-15-32-29-25(24)17-27(36(29)5)22-9-7-8-20(16-22)18-35(3)4/h7-17,26H,6,18-19H2,1-5H3,(H2,31,33,38). The number of carbonyl (C=O) groups is 1. The molecule has 1 aliphatic rings. The molecule has 2 aromatic carbocycles. The van der Waals surface area contributed by atoms with Gasteiger partial charge in [-0.2, -0.15) is 5.10 Å². The number of aromatic nitrogens is 2. The molecule has 8 nitrogen and oxygen atoms in total. The zero-order valence-corrected chi connectivity index (χ0v) is 22.7. The number of fused-ring (bicyclic) bond motifs is 1. The van der Waals surface area contributed by atoms with Gasteiger partial charge in [-0.1, -0.05) is 30.3 Å². The highest BCUT2D eigenvalue weighted by molar-refractivity contribution is 6.08. The van der Waals surface area contributed by atoms with Gasteiger partial charge in [-0.3, -0.25) is 5.01 Å². The van der Waals surface area contributed by atoms with Gasteiger partial charge in [-0.05, 0) is 73.6 Å². The molecular formula is C30H35N7O. The minimum atomic E-state index is -0.239. The highest BCUT2D eigenvalue weighted by Gasteiger charge is 2.30. The highest BCUT2D eigenvalue weighted by Crippen LogP contribution is 2.36. The van der Waals surface area contributed by atoms with E-state index in [0.717, 1.165) is 53.3 Å². The number of carbonyl (C=O) groups excluding carboxylic acids is 1. The van der Waals surface area contributed by atoms with Gasteiger partial charge in [0.15, 0.2) is 0 Å². The van der Waals surface area contributed by atoms with E-state index >= 15 is 0 Å². The second kappa shape index (κ2) is 10.7. The lowest BCUT2D eigenvalue weighted by atomic mass is 9.89. The minimum absolute atomic E-state index is 0.105. The molecule has 0 spiro atoms. The van der Waals surface area contributed by atoms with Crippen LogP contribution in [0.2, 0.25) is 0 Å². The van der Waals surface area contributed by atoms with Crippen molar-refractivity contribution in [3.63, 3.8) is 0 Å². The van der Waals surface area contributed by atoms with Crippen LogP contribution in [0.1, 0.15) is 29.5 Å². The third-order valence-corrected chi connectivity index (χ3v) is 7.06. The fourth-order valence-electron chi connectivity index (χ4n) is 5.20. The zero-order valence-electron chi connectivity index (χ0n) is 22.7. The third-order valence-electron chi connectivity index (χ3n) is 7.06. The Morgan fingerprint density at radius 2 is 1.87 bits per heavy atom. The molecule has 0 radical (unpaired) electrons. The Hall–Kier alpha value is -4.17. The average molecular weight is 510 g/mol. The Morgan fingerprint density at radius 1 is 1.08 bits per heavy atom. The predicted octanol–water partition coefficient (Wildman–Crippen LogP) is 4.88. The lowest BCUT2D eigenvalue weighted by molar-refractivity contribution is 0.254. The molecule has 2 aromatic heterocycles. The molecule has 4 aromatic rings. The summed E-state index contributed by atoms with van der Waals surface area (Å²) in [6.45, 7) is 4.67. The van der Waals surface area contributed by atoms with Gasteiger partial charge < -0.3 is 20.1 Å². The molecule has 196 valence electrons. The van der Waals surface area contributed by atoms with E-state index in [-0.39, 0.29) is 11.9 Å². The van der Waals surface area contributed by atoms with Crippen molar-refractivity contribution in [3.05, 3.63) is 83.6 Å². The first-order valence-corrected chi connectivity index (χ1v) is 13.0. The Balaban J connectivity index is 1.53. The maximum Gasteiger partial charge on any atom is 0.318 e. The molecule has 1 unspecified atom stereocenters. The summed E-state index contributed by atoms with van der Waals surface area (Å²) in [6, 6.07) is 20.8. The smallest absolute Gasteiger partial charge is 0.318 e. The van der Waals surface area contributed by atoms with Crippen molar-refractivity contribution < 1.29 is 4.79 Å². The Labute approximate surface area is 224 Å². The second-order valence-corrected chi connectivity index (χ2v) is 9.99. The van der Waals surface area contributed by atoms with Gasteiger partial charge in [0.2, 0.25) is 0 Å². The van der Waals surface area contributed by atoms with Crippen molar-refractivity contribution >= 4 is 28.5 Å². The molecule has 2 amide bonds. The van der Waals surface area contributed by atoms with Gasteiger partial charge >= 0.3 is 6.03 Å². The number of hydrogen-bond acceptors (Lipinski definition) is 5. The molecule has 0 aliphatic carbocycles. The number of anilines is 1. The maximum absolute atomic E-state index is 11.7. The summed E-state index contributed by atoms with van der Waals surface area (Å²) in [7, 11) is 7.87. The average Bonchev–Trinajstić information content (AvgIpc) is 3.50. The molecular weight excluding hydrogens is 474 g/mol. The van der Waals surface area contributed by atoms with Crippen LogP contribution < -0.4 is 10.6 Å². The fraction of sp³-hybridized carbons (Fsp3) is 0.300. The van der Waals surface area contributed by atoms with Crippen LogP contribution in [0.25, 0.3) is 22.3 Å². The number of hydrogen-bond donors (Lipinski definition) is 2. The van der Waals surface area contributed by atoms with Crippen LogP contribution in [0.3, 0.4) is 0 Å².